The first-order chi connectivity index (χ1) is 6.14. The maximum absolute atomic E-state index is 12.0. The van der Waals surface area contributed by atoms with E-state index in [0.717, 1.165) is 0 Å². The van der Waals surface area contributed by atoms with Crippen LogP contribution >= 0.6 is 0 Å². The maximum Gasteiger partial charge on any atom is 0.230 e. The van der Waals surface area contributed by atoms with Gasteiger partial charge in [0.15, 0.2) is 0 Å². The molecular formula is C11H22N2O. The number of hydrogen-bond acceptors (Lipinski definition) is 2. The Hall–Kier alpha value is -0.830. The van der Waals surface area contributed by atoms with Crippen LogP contribution < -0.4 is 5.73 Å². The van der Waals surface area contributed by atoms with Crippen LogP contribution in [-0.4, -0.2) is 29.9 Å². The summed E-state index contributed by atoms with van der Waals surface area (Å²) in [6, 6.07) is 0. The van der Waals surface area contributed by atoms with E-state index in [1.807, 2.05) is 27.7 Å². The Labute approximate surface area is 87.0 Å². The number of carbonyl (C=O) groups is 1. The molecule has 0 aromatic heterocycles. The molecule has 14 heavy (non-hydrogen) atoms. The summed E-state index contributed by atoms with van der Waals surface area (Å²) in [7, 11) is 1.76. The predicted octanol–water partition coefficient (Wildman–Crippen LogP) is 1.39. The lowest BCUT2D eigenvalue weighted by atomic mass is 9.74. The zero-order valence-corrected chi connectivity index (χ0v) is 9.92. The van der Waals surface area contributed by atoms with Gasteiger partial charge in [-0.3, -0.25) is 4.79 Å². The lowest BCUT2D eigenvalue weighted by molar-refractivity contribution is -0.141. The summed E-state index contributed by atoms with van der Waals surface area (Å²) in [5, 5.41) is 0. The second kappa shape index (κ2) is 4.13. The van der Waals surface area contributed by atoms with E-state index in [0.29, 0.717) is 6.54 Å². The second-order valence-corrected chi connectivity index (χ2v) is 4.82. The molecule has 0 aliphatic rings. The molecule has 0 radical (unpaired) electrons. The van der Waals surface area contributed by atoms with E-state index in [1.165, 1.54) is 0 Å². The minimum atomic E-state index is -0.565. The third kappa shape index (κ3) is 2.58. The molecule has 3 nitrogen and oxygen atoms in total. The van der Waals surface area contributed by atoms with Gasteiger partial charge in [0.25, 0.3) is 0 Å². The van der Waals surface area contributed by atoms with Gasteiger partial charge in [-0.1, -0.05) is 6.08 Å². The van der Waals surface area contributed by atoms with Crippen LogP contribution in [-0.2, 0) is 4.79 Å². The molecule has 0 heterocycles. The van der Waals surface area contributed by atoms with Crippen LogP contribution in [0.25, 0.3) is 0 Å². The van der Waals surface area contributed by atoms with E-state index in [9.17, 15) is 4.79 Å². The topological polar surface area (TPSA) is 46.3 Å². The van der Waals surface area contributed by atoms with Crippen molar-refractivity contribution in [3.05, 3.63) is 12.7 Å². The molecule has 3 heteroatoms. The number of nitrogens with zero attached hydrogens (tertiary/aromatic N) is 1. The Morgan fingerprint density at radius 2 is 1.86 bits per heavy atom. The van der Waals surface area contributed by atoms with E-state index in [1.54, 1.807) is 18.0 Å². The van der Waals surface area contributed by atoms with Gasteiger partial charge in [0.2, 0.25) is 5.91 Å². The monoisotopic (exact) mass is 198 g/mol. The van der Waals surface area contributed by atoms with Gasteiger partial charge in [0.1, 0.15) is 0 Å². The highest BCUT2D eigenvalue weighted by molar-refractivity contribution is 5.83. The molecule has 82 valence electrons. The number of hydrogen-bond donors (Lipinski definition) is 1. The van der Waals surface area contributed by atoms with Gasteiger partial charge in [-0.05, 0) is 27.7 Å². The van der Waals surface area contributed by atoms with Gasteiger partial charge in [0, 0.05) is 19.1 Å². The summed E-state index contributed by atoms with van der Waals surface area (Å²) in [5.41, 5.74) is 4.88. The first kappa shape index (κ1) is 13.2. The summed E-state index contributed by atoms with van der Waals surface area (Å²) in [5.74, 6) is 0.0462. The largest absolute Gasteiger partial charge is 0.342 e. The number of nitrogens with two attached hydrogens (primary N) is 1. The van der Waals surface area contributed by atoms with Gasteiger partial charge in [-0.15, -0.1) is 6.58 Å². The molecule has 0 aliphatic carbocycles. The van der Waals surface area contributed by atoms with Crippen molar-refractivity contribution in [2.45, 2.75) is 33.2 Å². The zero-order valence-electron chi connectivity index (χ0n) is 9.92. The molecule has 0 aliphatic heterocycles. The van der Waals surface area contributed by atoms with Crippen molar-refractivity contribution < 1.29 is 4.79 Å². The standard InChI is InChI=1S/C11H22N2O/c1-7-8-13(6)9(14)10(2,3)11(4,5)12/h7H,1,8,12H2,2-6H3. The SMILES string of the molecule is C=CCN(C)C(=O)C(C)(C)C(C)(C)N. The van der Waals surface area contributed by atoms with Crippen molar-refractivity contribution in [2.75, 3.05) is 13.6 Å². The fourth-order valence-corrected chi connectivity index (χ4v) is 1.03. The molecule has 0 saturated heterocycles. The van der Waals surface area contributed by atoms with Crippen LogP contribution in [0.4, 0.5) is 0 Å². The molecule has 0 aromatic rings. The number of carbonyl (C=O) groups excluding carboxylic acids is 1. The Morgan fingerprint density at radius 3 is 2.14 bits per heavy atom. The van der Waals surface area contributed by atoms with Crippen LogP contribution in [0.3, 0.4) is 0 Å². The van der Waals surface area contributed by atoms with Gasteiger partial charge in [-0.25, -0.2) is 0 Å². The van der Waals surface area contributed by atoms with Crippen LogP contribution in [0.1, 0.15) is 27.7 Å². The third-order valence-electron chi connectivity index (χ3n) is 2.90. The first-order valence-electron chi connectivity index (χ1n) is 4.80. The molecule has 0 aromatic carbocycles. The summed E-state index contributed by atoms with van der Waals surface area (Å²) in [6.45, 7) is 11.6. The van der Waals surface area contributed by atoms with Crippen molar-refractivity contribution in [1.82, 2.24) is 4.90 Å². The summed E-state index contributed by atoms with van der Waals surface area (Å²) in [4.78, 5) is 13.6. The average molecular weight is 198 g/mol. The second-order valence-electron chi connectivity index (χ2n) is 4.82. The van der Waals surface area contributed by atoms with Crippen LogP contribution in [0, 0.1) is 5.41 Å². The lowest BCUT2D eigenvalue weighted by Crippen LogP contribution is -2.55. The van der Waals surface area contributed by atoms with Crippen molar-refractivity contribution in [2.24, 2.45) is 11.1 Å². The molecule has 0 rings (SSSR count). The van der Waals surface area contributed by atoms with Gasteiger partial charge >= 0.3 is 0 Å². The van der Waals surface area contributed by atoms with Gasteiger partial charge in [-0.2, -0.15) is 0 Å². The Kier molecular flexibility index (Phi) is 3.89. The van der Waals surface area contributed by atoms with E-state index >= 15 is 0 Å². The normalized spacial score (nSPS) is 12.4. The number of amides is 1. The molecule has 0 bridgehead atoms. The number of likely N-dealkylation sites (N-methyl/N-ethyl adjacent to an activating group) is 1. The zero-order chi connectivity index (χ0) is 11.6. The van der Waals surface area contributed by atoms with Crippen LogP contribution in [0.15, 0.2) is 12.7 Å². The molecule has 0 saturated carbocycles. The average Bonchev–Trinajstić information content (AvgIpc) is 2.01. The van der Waals surface area contributed by atoms with E-state index in [4.69, 9.17) is 5.73 Å². The molecule has 0 fully saturated rings. The molecule has 0 atom stereocenters. The molecular weight excluding hydrogens is 176 g/mol. The highest BCUT2D eigenvalue weighted by Crippen LogP contribution is 2.30. The van der Waals surface area contributed by atoms with Gasteiger partial charge < -0.3 is 10.6 Å². The van der Waals surface area contributed by atoms with Crippen LogP contribution in [0.5, 0.6) is 0 Å². The molecule has 0 unspecified atom stereocenters. The van der Waals surface area contributed by atoms with E-state index in [2.05, 4.69) is 6.58 Å². The van der Waals surface area contributed by atoms with E-state index < -0.39 is 11.0 Å². The lowest BCUT2D eigenvalue weighted by Gasteiger charge is -2.39. The summed E-state index contributed by atoms with van der Waals surface area (Å²) >= 11 is 0. The quantitative estimate of drug-likeness (QED) is 0.694. The Balaban J connectivity index is 4.75. The summed E-state index contributed by atoms with van der Waals surface area (Å²) in [6.07, 6.45) is 1.71. The fourth-order valence-electron chi connectivity index (χ4n) is 1.03. The van der Waals surface area contributed by atoms with E-state index in [-0.39, 0.29) is 5.91 Å². The Bertz CT molecular complexity index is 226. The molecule has 1 amide bonds. The minimum absolute atomic E-state index is 0.0462. The number of rotatable bonds is 4. The minimum Gasteiger partial charge on any atom is -0.342 e. The molecule has 0 spiro atoms. The highest BCUT2D eigenvalue weighted by Gasteiger charge is 2.41. The van der Waals surface area contributed by atoms with Crippen molar-refractivity contribution in [3.8, 4) is 0 Å². The first-order valence-corrected chi connectivity index (χ1v) is 4.80. The highest BCUT2D eigenvalue weighted by atomic mass is 16.2. The van der Waals surface area contributed by atoms with Crippen LogP contribution in [0.2, 0.25) is 0 Å². The van der Waals surface area contributed by atoms with Crippen molar-refractivity contribution in [1.29, 1.82) is 0 Å². The molecule has 2 N–H and O–H groups in total. The van der Waals surface area contributed by atoms with Crippen molar-refractivity contribution in [3.63, 3.8) is 0 Å². The summed E-state index contributed by atoms with van der Waals surface area (Å²) < 4.78 is 0. The fraction of sp³-hybridized carbons (Fsp3) is 0.727. The third-order valence-corrected chi connectivity index (χ3v) is 2.90. The smallest absolute Gasteiger partial charge is 0.230 e. The Morgan fingerprint density at radius 1 is 1.43 bits per heavy atom. The van der Waals surface area contributed by atoms with Gasteiger partial charge in [0.05, 0.1) is 5.41 Å². The maximum atomic E-state index is 12.0. The predicted molar refractivity (Wildman–Crippen MR) is 59.9 cm³/mol. The van der Waals surface area contributed by atoms with Crippen molar-refractivity contribution >= 4 is 5.91 Å².